The van der Waals surface area contributed by atoms with Crippen LogP contribution < -0.4 is 0 Å². The van der Waals surface area contributed by atoms with Crippen molar-refractivity contribution in [2.75, 3.05) is 39.4 Å². The third-order valence-corrected chi connectivity index (χ3v) is 7.42. The third kappa shape index (κ3) is 4.53. The summed E-state index contributed by atoms with van der Waals surface area (Å²) >= 11 is 0. The fraction of sp³-hybridized carbons (Fsp3) is 0.500. The number of benzene rings is 2. The van der Waals surface area contributed by atoms with E-state index in [0.717, 1.165) is 69.0 Å². The number of rotatable bonds is 5. The molecule has 0 radical (unpaired) electrons. The molecule has 3 fully saturated rings. The zero-order valence-electron chi connectivity index (χ0n) is 18.0. The first-order valence-electron chi connectivity index (χ1n) is 11.6. The molecule has 3 atom stereocenters. The Hall–Kier alpha value is -2.24. The van der Waals surface area contributed by atoms with Gasteiger partial charge in [0.1, 0.15) is 5.82 Å². The van der Waals surface area contributed by atoms with Gasteiger partial charge in [-0.15, -0.1) is 0 Å². The van der Waals surface area contributed by atoms with Crippen LogP contribution in [0.4, 0.5) is 4.39 Å². The molecule has 2 aromatic rings. The smallest absolute Gasteiger partial charge is 0.254 e. The van der Waals surface area contributed by atoms with E-state index < -0.39 is 0 Å². The molecule has 4 nitrogen and oxygen atoms in total. The predicted molar refractivity (Wildman–Crippen MR) is 118 cm³/mol. The molecule has 164 valence electrons. The van der Waals surface area contributed by atoms with Crippen molar-refractivity contribution in [2.24, 2.45) is 17.8 Å². The van der Waals surface area contributed by atoms with E-state index in [2.05, 4.69) is 15.9 Å². The van der Waals surface area contributed by atoms with Gasteiger partial charge < -0.3 is 9.64 Å². The zero-order valence-corrected chi connectivity index (χ0v) is 18.0. The van der Waals surface area contributed by atoms with Crippen LogP contribution >= 0.6 is 0 Å². The first kappa shape index (κ1) is 20.7. The van der Waals surface area contributed by atoms with E-state index in [1.165, 1.54) is 18.9 Å². The van der Waals surface area contributed by atoms with Crippen LogP contribution in [0.2, 0.25) is 0 Å². The van der Waals surface area contributed by atoms with E-state index in [1.54, 1.807) is 12.1 Å². The summed E-state index contributed by atoms with van der Waals surface area (Å²) in [6.07, 6.45) is 3.26. The molecular formula is C26H31FN2O2. The normalized spacial score (nSPS) is 26.2. The zero-order chi connectivity index (χ0) is 21.2. The average Bonchev–Trinajstić information content (AvgIpc) is 3.37. The van der Waals surface area contributed by atoms with E-state index in [1.807, 2.05) is 24.3 Å². The Morgan fingerprint density at radius 3 is 2.71 bits per heavy atom. The van der Waals surface area contributed by atoms with Crippen LogP contribution in [-0.2, 0) is 17.7 Å². The summed E-state index contributed by atoms with van der Waals surface area (Å²) in [5.41, 5.74) is 3.03. The summed E-state index contributed by atoms with van der Waals surface area (Å²) < 4.78 is 19.1. The second-order valence-corrected chi connectivity index (χ2v) is 9.35. The summed E-state index contributed by atoms with van der Waals surface area (Å²) in [5.74, 6) is 1.65. The number of halogens is 1. The number of morpholine rings is 1. The number of hydrogen-bond donors (Lipinski definition) is 0. The fourth-order valence-corrected chi connectivity index (χ4v) is 5.80. The van der Waals surface area contributed by atoms with Gasteiger partial charge >= 0.3 is 0 Å². The summed E-state index contributed by atoms with van der Waals surface area (Å²) in [6.45, 7) is 5.84. The van der Waals surface area contributed by atoms with E-state index >= 15 is 0 Å². The second-order valence-electron chi connectivity index (χ2n) is 9.35. The second kappa shape index (κ2) is 9.09. The minimum atomic E-state index is -0.160. The quantitative estimate of drug-likeness (QED) is 0.730. The summed E-state index contributed by atoms with van der Waals surface area (Å²) in [5, 5.41) is 0. The lowest BCUT2D eigenvalue weighted by atomic mass is 9.87. The van der Waals surface area contributed by atoms with Crippen molar-refractivity contribution in [3.8, 4) is 0 Å². The minimum Gasteiger partial charge on any atom is -0.379 e. The first-order chi connectivity index (χ1) is 15.2. The van der Waals surface area contributed by atoms with Gasteiger partial charge in [0.15, 0.2) is 0 Å². The van der Waals surface area contributed by atoms with Crippen molar-refractivity contribution >= 4 is 5.91 Å². The minimum absolute atomic E-state index is 0.160. The Labute approximate surface area is 184 Å². The van der Waals surface area contributed by atoms with Crippen LogP contribution in [0.5, 0.6) is 0 Å². The highest BCUT2D eigenvalue weighted by molar-refractivity contribution is 5.96. The maximum atomic E-state index is 13.6. The summed E-state index contributed by atoms with van der Waals surface area (Å²) in [6, 6.07) is 15.1. The molecule has 0 spiro atoms. The lowest BCUT2D eigenvalue weighted by Crippen LogP contribution is -2.37. The maximum Gasteiger partial charge on any atom is 0.254 e. The number of nitrogens with zero attached hydrogens (tertiary/aromatic N) is 2. The maximum absolute atomic E-state index is 13.6. The van der Waals surface area contributed by atoms with Gasteiger partial charge in [-0.1, -0.05) is 30.3 Å². The van der Waals surface area contributed by atoms with E-state index in [9.17, 15) is 9.18 Å². The third-order valence-electron chi connectivity index (χ3n) is 7.42. The Morgan fingerprint density at radius 2 is 1.87 bits per heavy atom. The number of carbonyl (C=O) groups is 1. The molecule has 5 rings (SSSR count). The highest BCUT2D eigenvalue weighted by Gasteiger charge is 2.44. The van der Waals surface area contributed by atoms with Gasteiger partial charge in [0.05, 0.1) is 13.2 Å². The van der Waals surface area contributed by atoms with Crippen LogP contribution in [-0.4, -0.2) is 55.1 Å². The molecule has 0 N–H and O–H groups in total. The standard InChI is InChI=1S/C26H31FN2O2/c27-23-6-3-4-19(15-23)14-20-8-9-22-17-29(18-25(20)22)26(30)24-7-2-1-5-21(24)16-28-10-12-31-13-11-28/h1-7,15,20,22,25H,8-14,16-18H2/t20-,22-,25-/m1/s1. The molecule has 5 heteroatoms. The number of fused-ring (bicyclic) bond motifs is 1. The molecule has 1 amide bonds. The van der Waals surface area contributed by atoms with E-state index in [-0.39, 0.29) is 11.7 Å². The first-order valence-corrected chi connectivity index (χ1v) is 11.6. The van der Waals surface area contributed by atoms with Crippen molar-refractivity contribution in [1.82, 2.24) is 9.80 Å². The molecule has 2 aliphatic heterocycles. The molecule has 0 unspecified atom stereocenters. The van der Waals surface area contributed by atoms with Crippen LogP contribution in [0.1, 0.15) is 34.3 Å². The van der Waals surface area contributed by atoms with Crippen molar-refractivity contribution < 1.29 is 13.9 Å². The Balaban J connectivity index is 1.26. The molecule has 0 aromatic heterocycles. The van der Waals surface area contributed by atoms with E-state index in [0.29, 0.717) is 17.8 Å². The predicted octanol–water partition coefficient (Wildman–Crippen LogP) is 4.00. The highest BCUT2D eigenvalue weighted by Crippen LogP contribution is 2.44. The number of hydrogen-bond acceptors (Lipinski definition) is 3. The van der Waals surface area contributed by atoms with Gasteiger partial charge in [0.25, 0.3) is 5.91 Å². The monoisotopic (exact) mass is 422 g/mol. The van der Waals surface area contributed by atoms with Crippen LogP contribution in [0.3, 0.4) is 0 Å². The van der Waals surface area contributed by atoms with Crippen LogP contribution in [0.25, 0.3) is 0 Å². The molecule has 0 bridgehead atoms. The van der Waals surface area contributed by atoms with Gasteiger partial charge in [0.2, 0.25) is 0 Å². The van der Waals surface area contributed by atoms with Crippen molar-refractivity contribution in [3.63, 3.8) is 0 Å². The molecule has 2 saturated heterocycles. The van der Waals surface area contributed by atoms with Gasteiger partial charge in [-0.05, 0) is 66.3 Å². The molecule has 1 saturated carbocycles. The molecule has 2 aromatic carbocycles. The number of ether oxygens (including phenoxy) is 1. The largest absolute Gasteiger partial charge is 0.379 e. The van der Waals surface area contributed by atoms with Gasteiger partial charge in [-0.3, -0.25) is 9.69 Å². The molecule has 2 heterocycles. The van der Waals surface area contributed by atoms with E-state index in [4.69, 9.17) is 4.74 Å². The Bertz CT molecular complexity index is 927. The van der Waals surface area contributed by atoms with Gasteiger partial charge in [-0.2, -0.15) is 0 Å². The van der Waals surface area contributed by atoms with Crippen molar-refractivity contribution in [3.05, 3.63) is 71.0 Å². The topological polar surface area (TPSA) is 32.8 Å². The van der Waals surface area contributed by atoms with Crippen LogP contribution in [0, 0.1) is 23.6 Å². The molecule has 1 aliphatic carbocycles. The average molecular weight is 423 g/mol. The number of amides is 1. The fourth-order valence-electron chi connectivity index (χ4n) is 5.80. The molecule has 31 heavy (non-hydrogen) atoms. The van der Waals surface area contributed by atoms with Crippen molar-refractivity contribution in [1.29, 1.82) is 0 Å². The Kier molecular flexibility index (Phi) is 6.06. The Morgan fingerprint density at radius 1 is 1.03 bits per heavy atom. The van der Waals surface area contributed by atoms with Crippen LogP contribution in [0.15, 0.2) is 48.5 Å². The molecular weight excluding hydrogens is 391 g/mol. The lowest BCUT2D eigenvalue weighted by Gasteiger charge is -2.28. The van der Waals surface area contributed by atoms with Gasteiger partial charge in [-0.25, -0.2) is 4.39 Å². The van der Waals surface area contributed by atoms with Crippen molar-refractivity contribution in [2.45, 2.75) is 25.8 Å². The SMILES string of the molecule is O=C(c1ccccc1CN1CCOCC1)N1C[C@H]2CC[C@H](Cc3cccc(F)c3)[C@H]2C1. The van der Waals surface area contributed by atoms with Gasteiger partial charge in [0, 0.05) is 38.3 Å². The number of carbonyl (C=O) groups excluding carboxylic acids is 1. The number of likely N-dealkylation sites (tertiary alicyclic amines) is 1. The lowest BCUT2D eigenvalue weighted by molar-refractivity contribution is 0.0340. The summed E-state index contributed by atoms with van der Waals surface area (Å²) in [7, 11) is 0. The highest BCUT2D eigenvalue weighted by atomic mass is 19.1. The summed E-state index contributed by atoms with van der Waals surface area (Å²) in [4.78, 5) is 17.9. The molecule has 3 aliphatic rings.